The Kier molecular flexibility index (Phi) is 62.8. The number of hydrogen-bond donors (Lipinski definition) is 8. The number of benzene rings is 1. The van der Waals surface area contributed by atoms with Gasteiger partial charge >= 0.3 is 41.9 Å². The first-order valence-corrected chi connectivity index (χ1v) is 34.5. The molecule has 6 unspecified atom stereocenters. The lowest BCUT2D eigenvalue weighted by molar-refractivity contribution is -0.768. The minimum Gasteiger partial charge on any atom is -0.465 e. The standard InChI is InChI=1S/C17H24O4.C15H28N2O8.C13H27N3O5.C12H26N2O2.C10H22N2O2/c1-5-13-6-8-14(9-7-13)12-20-15(18)10-11-16(19)21-17(2,3)4;1-5-11(25-17(21)22)8-6-7-9-23-13(19)12(10-18)16-14(20)24-15(2,3)4;1-2-11(21-16(18)19)7-4-6-10-20-13(17)12(15)8-3-5-9-14;1-2-3-4-7-10-16-12(15)11(14)8-5-6-9-13;1-2-3-8-14-10(13)9(12)6-4-5-7-11/h6-9H,5,10-12H2,1-4H3;11-12,18H,5-10H2,1-4H3,(H,16,20);11-12H,2-10,14-15H2,1H3;11H,2-10,13-14H2,1H3;9H,2-8,11-12H2,1H3. The van der Waals surface area contributed by atoms with Crippen molar-refractivity contribution < 1.29 is 91.7 Å². The first-order chi connectivity index (χ1) is 45.8. The molecule has 30 nitrogen and oxygen atoms in total. The first-order valence-electron chi connectivity index (χ1n) is 34.5. The minimum absolute atomic E-state index is 0.0436. The highest BCUT2D eigenvalue weighted by Crippen LogP contribution is 2.14. The topological polar surface area (TPSA) is 477 Å². The molecule has 1 amide bonds. The fraction of sp³-hybridized carbons (Fsp3) is 0.806. The van der Waals surface area contributed by atoms with Crippen molar-refractivity contribution in [3.05, 3.63) is 55.6 Å². The lowest BCUT2D eigenvalue weighted by Gasteiger charge is -2.22. The predicted octanol–water partition coefficient (Wildman–Crippen LogP) is 8.48. The van der Waals surface area contributed by atoms with Crippen LogP contribution in [-0.4, -0.2) is 157 Å². The maximum absolute atomic E-state index is 11.8. The van der Waals surface area contributed by atoms with Gasteiger partial charge in [0, 0.05) is 0 Å². The Hall–Kier alpha value is -6.57. The molecule has 566 valence electrons. The molecule has 0 bridgehead atoms. The summed E-state index contributed by atoms with van der Waals surface area (Å²) in [6.45, 7) is 23.1. The van der Waals surface area contributed by atoms with Crippen LogP contribution >= 0.6 is 0 Å². The zero-order chi connectivity index (χ0) is 74.5. The lowest BCUT2D eigenvalue weighted by atomic mass is 10.1. The van der Waals surface area contributed by atoms with E-state index in [0.29, 0.717) is 103 Å². The van der Waals surface area contributed by atoms with Gasteiger partial charge in [-0.05, 0) is 181 Å². The van der Waals surface area contributed by atoms with Crippen LogP contribution in [0.5, 0.6) is 0 Å². The highest BCUT2D eigenvalue weighted by atomic mass is 17.0. The van der Waals surface area contributed by atoms with Crippen molar-refractivity contribution >= 4 is 41.9 Å². The third-order valence-corrected chi connectivity index (χ3v) is 13.5. The Balaban J connectivity index is -0.000000565. The molecule has 1 rings (SSSR count). The summed E-state index contributed by atoms with van der Waals surface area (Å²) in [5.41, 5.74) is 34.0. The number of amides is 1. The van der Waals surface area contributed by atoms with E-state index >= 15 is 0 Å². The normalized spacial score (nSPS) is 12.6. The molecule has 0 fully saturated rings. The third kappa shape index (κ3) is 65.2. The number of hydrogen-bond acceptors (Lipinski definition) is 27. The Morgan fingerprint density at radius 3 is 1.19 bits per heavy atom. The molecule has 0 aliphatic rings. The van der Waals surface area contributed by atoms with Gasteiger partial charge in [-0.25, -0.2) is 9.59 Å². The summed E-state index contributed by atoms with van der Waals surface area (Å²) in [6, 6.07) is 5.16. The molecule has 0 spiro atoms. The molecule has 0 heterocycles. The lowest BCUT2D eigenvalue weighted by Crippen LogP contribution is -2.46. The van der Waals surface area contributed by atoms with Crippen molar-refractivity contribution in [3.63, 3.8) is 0 Å². The van der Waals surface area contributed by atoms with E-state index in [4.69, 9.17) is 67.6 Å². The predicted molar refractivity (Wildman–Crippen MR) is 368 cm³/mol. The monoisotopic (exact) mass is 1390 g/mol. The van der Waals surface area contributed by atoms with Crippen LogP contribution in [0, 0.1) is 20.2 Å². The Labute approximate surface area is 576 Å². The minimum atomic E-state index is -1.21. The van der Waals surface area contributed by atoms with Crippen LogP contribution in [0.3, 0.4) is 0 Å². The van der Waals surface area contributed by atoms with Gasteiger partial charge in [-0.3, -0.25) is 24.0 Å². The number of carbonyl (C=O) groups is 7. The van der Waals surface area contributed by atoms with Crippen LogP contribution in [0.15, 0.2) is 24.3 Å². The zero-order valence-electron chi connectivity index (χ0n) is 60.5. The first kappa shape index (κ1) is 96.8. The van der Waals surface area contributed by atoms with E-state index in [1.165, 1.54) is 18.4 Å². The molecule has 0 saturated heterocycles. The number of ether oxygens (including phenoxy) is 7. The molecule has 97 heavy (non-hydrogen) atoms. The largest absolute Gasteiger partial charge is 0.465 e. The summed E-state index contributed by atoms with van der Waals surface area (Å²) in [5, 5.41) is 30.3. The molecule has 1 aromatic carbocycles. The molecule has 0 aromatic heterocycles. The summed E-state index contributed by atoms with van der Waals surface area (Å²) >= 11 is 0. The summed E-state index contributed by atoms with van der Waals surface area (Å²) in [4.78, 5) is 110. The average Bonchev–Trinajstić information content (AvgIpc) is 2.36. The second-order valence-electron chi connectivity index (χ2n) is 24.8. The molecular weight excluding hydrogens is 1270 g/mol. The van der Waals surface area contributed by atoms with Crippen LogP contribution in [0.2, 0.25) is 0 Å². The van der Waals surface area contributed by atoms with Crippen molar-refractivity contribution in [3.8, 4) is 0 Å². The summed E-state index contributed by atoms with van der Waals surface area (Å²) in [7, 11) is 0. The highest BCUT2D eigenvalue weighted by molar-refractivity contribution is 5.81. The number of carbonyl (C=O) groups excluding carboxylic acids is 7. The zero-order valence-corrected chi connectivity index (χ0v) is 60.5. The van der Waals surface area contributed by atoms with Crippen molar-refractivity contribution in [1.29, 1.82) is 0 Å². The van der Waals surface area contributed by atoms with Gasteiger partial charge in [-0.1, -0.05) is 104 Å². The van der Waals surface area contributed by atoms with Crippen LogP contribution in [0.1, 0.15) is 248 Å². The quantitative estimate of drug-likeness (QED) is 0.00996. The highest BCUT2D eigenvalue weighted by Gasteiger charge is 2.26. The molecule has 0 aliphatic heterocycles. The number of rotatable bonds is 48. The van der Waals surface area contributed by atoms with E-state index in [1.54, 1.807) is 48.5 Å². The van der Waals surface area contributed by atoms with Crippen molar-refractivity contribution in [2.24, 2.45) is 34.4 Å². The Bertz CT molecular complexity index is 2210. The van der Waals surface area contributed by atoms with Crippen molar-refractivity contribution in [2.75, 3.05) is 52.7 Å². The number of aliphatic hydroxyl groups is 1. The molecule has 14 N–H and O–H groups in total. The number of unbranched alkanes of at least 4 members (excludes halogenated alkanes) is 9. The second kappa shape index (κ2) is 62.9. The van der Waals surface area contributed by atoms with E-state index in [2.05, 4.69) is 35.8 Å². The van der Waals surface area contributed by atoms with Gasteiger partial charge < -0.3 is 87.7 Å². The molecular formula is C67H127N9O21. The molecule has 1 aromatic rings. The van der Waals surface area contributed by atoms with E-state index in [1.807, 2.05) is 31.2 Å². The number of aryl methyl sites for hydroxylation is 1. The van der Waals surface area contributed by atoms with Crippen molar-refractivity contribution in [1.82, 2.24) is 5.32 Å². The van der Waals surface area contributed by atoms with E-state index in [0.717, 1.165) is 76.2 Å². The van der Waals surface area contributed by atoms with Crippen LogP contribution in [-0.2, 0) is 84.6 Å². The van der Waals surface area contributed by atoms with Gasteiger partial charge in [0.05, 0.1) is 45.9 Å². The van der Waals surface area contributed by atoms with Crippen LogP contribution < -0.4 is 39.7 Å². The van der Waals surface area contributed by atoms with Gasteiger partial charge in [-0.15, -0.1) is 20.2 Å². The van der Waals surface area contributed by atoms with Crippen LogP contribution in [0.25, 0.3) is 0 Å². The smallest absolute Gasteiger partial charge is 0.408 e. The van der Waals surface area contributed by atoms with Gasteiger partial charge in [0.1, 0.15) is 48.1 Å². The fourth-order valence-corrected chi connectivity index (χ4v) is 7.85. The van der Waals surface area contributed by atoms with E-state index in [9.17, 15) is 58.9 Å². The Morgan fingerprint density at radius 2 is 0.835 bits per heavy atom. The maximum atomic E-state index is 11.8. The maximum Gasteiger partial charge on any atom is 0.408 e. The third-order valence-electron chi connectivity index (χ3n) is 13.5. The molecule has 0 aliphatic carbocycles. The molecule has 0 saturated carbocycles. The number of nitrogens with zero attached hydrogens (tertiary/aromatic N) is 2. The number of esters is 6. The van der Waals surface area contributed by atoms with E-state index < -0.39 is 82.4 Å². The molecule has 30 heteroatoms. The number of aliphatic hydroxyl groups excluding tert-OH is 1. The van der Waals surface area contributed by atoms with E-state index in [-0.39, 0.29) is 56.5 Å². The molecule has 6 atom stereocenters. The summed E-state index contributed by atoms with van der Waals surface area (Å²) in [5.74, 6) is -2.50. The Morgan fingerprint density at radius 1 is 0.474 bits per heavy atom. The number of nitrogens with one attached hydrogen (secondary N) is 1. The molecule has 0 radical (unpaired) electrons. The van der Waals surface area contributed by atoms with Gasteiger partial charge in [0.25, 0.3) is 10.2 Å². The number of nitrogens with two attached hydrogens (primary N) is 6. The second-order valence-corrected chi connectivity index (χ2v) is 24.8. The number of alkyl carbamates (subject to hydrolysis) is 1. The average molecular weight is 1390 g/mol. The SMILES string of the molecule is CCC(CCCCOC(=O)C(CO)NC(=O)OC(C)(C)C)O[N+](=O)[O-].CCC(CCCCOC(=O)C(N)CCCCN)O[N+](=O)[O-].CCCCCCOC(=O)C(N)CCCCN.CCCCOC(=O)C(N)CCCCN.CCc1ccc(COC(=O)CCC(=O)OC(C)(C)C)cc1. The summed E-state index contributed by atoms with van der Waals surface area (Å²) in [6.07, 6.45) is 17.4. The van der Waals surface area contributed by atoms with Crippen LogP contribution in [0.4, 0.5) is 4.79 Å². The van der Waals surface area contributed by atoms with Gasteiger partial charge in [-0.2, -0.15) is 0 Å². The van der Waals surface area contributed by atoms with Gasteiger partial charge in [0.15, 0.2) is 6.04 Å². The fourth-order valence-electron chi connectivity index (χ4n) is 7.85. The summed E-state index contributed by atoms with van der Waals surface area (Å²) < 4.78 is 35.4. The van der Waals surface area contributed by atoms with Crippen molar-refractivity contribution in [2.45, 2.75) is 297 Å². The van der Waals surface area contributed by atoms with Gasteiger partial charge in [0.2, 0.25) is 0 Å².